The molecule has 0 bridgehead atoms. The molecule has 0 unspecified atom stereocenters. The lowest BCUT2D eigenvalue weighted by molar-refractivity contribution is 0.0695. The van der Waals surface area contributed by atoms with Crippen molar-refractivity contribution in [2.75, 3.05) is 5.32 Å². The molecule has 4 nitrogen and oxygen atoms in total. The third-order valence-electron chi connectivity index (χ3n) is 2.90. The first-order chi connectivity index (χ1) is 9.88. The number of hydrogen-bond acceptors (Lipinski definition) is 2. The Balaban J connectivity index is 2.29. The van der Waals surface area contributed by atoms with Crippen LogP contribution in [-0.2, 0) is 0 Å². The van der Waals surface area contributed by atoms with E-state index in [4.69, 9.17) is 16.7 Å². The molecule has 0 saturated carbocycles. The number of benzene rings is 2. The molecule has 2 aromatic carbocycles. The number of aryl methyl sites for hydroxylation is 1. The topological polar surface area (TPSA) is 66.4 Å². The summed E-state index contributed by atoms with van der Waals surface area (Å²) in [6, 6.07) is 9.64. The van der Waals surface area contributed by atoms with E-state index in [0.29, 0.717) is 21.8 Å². The zero-order chi connectivity index (χ0) is 15.6. The van der Waals surface area contributed by atoms with Gasteiger partial charge in [-0.05, 0) is 42.8 Å². The fourth-order valence-corrected chi connectivity index (χ4v) is 2.36. The molecule has 21 heavy (non-hydrogen) atoms. The van der Waals surface area contributed by atoms with Crippen molar-refractivity contribution >= 4 is 45.1 Å². The van der Waals surface area contributed by atoms with Crippen LogP contribution in [0.25, 0.3) is 0 Å². The molecule has 0 atom stereocenters. The summed E-state index contributed by atoms with van der Waals surface area (Å²) in [7, 11) is 0. The molecule has 2 aromatic rings. The lowest BCUT2D eigenvalue weighted by atomic mass is 10.1. The lowest BCUT2D eigenvalue weighted by Crippen LogP contribution is -2.13. The average Bonchev–Trinajstić information content (AvgIpc) is 2.43. The molecule has 108 valence electrons. The molecule has 0 radical (unpaired) electrons. The quantitative estimate of drug-likeness (QED) is 0.846. The van der Waals surface area contributed by atoms with Crippen molar-refractivity contribution in [3.8, 4) is 0 Å². The predicted octanol–water partition coefficient (Wildman–Crippen LogP) is 4.36. The van der Waals surface area contributed by atoms with Crippen LogP contribution in [0.15, 0.2) is 40.9 Å². The van der Waals surface area contributed by atoms with E-state index < -0.39 is 11.9 Å². The molecule has 0 aliphatic heterocycles. The molecule has 0 fully saturated rings. The summed E-state index contributed by atoms with van der Waals surface area (Å²) >= 11 is 9.26. The molecular formula is C15H11BrClNO3. The standard InChI is InChI=1S/C15H11BrClNO3/c1-8-2-4-10(7-11(8)15(20)21)18-14(19)12-6-9(16)3-5-13(12)17/h2-7H,1H3,(H,18,19)(H,20,21). The van der Waals surface area contributed by atoms with Gasteiger partial charge in [0.05, 0.1) is 16.1 Å². The van der Waals surface area contributed by atoms with E-state index in [0.717, 1.165) is 4.47 Å². The van der Waals surface area contributed by atoms with Crippen LogP contribution in [0.1, 0.15) is 26.3 Å². The molecule has 0 aliphatic rings. The van der Waals surface area contributed by atoms with Gasteiger partial charge in [0, 0.05) is 10.2 Å². The molecule has 0 heterocycles. The van der Waals surface area contributed by atoms with Gasteiger partial charge in [0.25, 0.3) is 5.91 Å². The van der Waals surface area contributed by atoms with Crippen LogP contribution in [0.5, 0.6) is 0 Å². The van der Waals surface area contributed by atoms with Crippen LogP contribution in [-0.4, -0.2) is 17.0 Å². The fourth-order valence-electron chi connectivity index (χ4n) is 1.80. The van der Waals surface area contributed by atoms with E-state index >= 15 is 0 Å². The maximum Gasteiger partial charge on any atom is 0.336 e. The molecule has 0 spiro atoms. The number of aromatic carboxylic acids is 1. The Labute approximate surface area is 134 Å². The monoisotopic (exact) mass is 367 g/mol. The zero-order valence-electron chi connectivity index (χ0n) is 11.0. The third-order valence-corrected chi connectivity index (χ3v) is 3.72. The highest BCUT2D eigenvalue weighted by Crippen LogP contribution is 2.23. The first-order valence-corrected chi connectivity index (χ1v) is 7.16. The van der Waals surface area contributed by atoms with Crippen LogP contribution < -0.4 is 5.32 Å². The number of nitrogens with one attached hydrogen (secondary N) is 1. The Hall–Kier alpha value is -1.85. The highest BCUT2D eigenvalue weighted by Gasteiger charge is 2.13. The fraction of sp³-hybridized carbons (Fsp3) is 0.0667. The number of carboxylic acid groups (broad SMARTS) is 1. The van der Waals surface area contributed by atoms with Gasteiger partial charge < -0.3 is 10.4 Å². The highest BCUT2D eigenvalue weighted by atomic mass is 79.9. The van der Waals surface area contributed by atoms with Gasteiger partial charge >= 0.3 is 5.97 Å². The van der Waals surface area contributed by atoms with Gasteiger partial charge in [0.1, 0.15) is 0 Å². The summed E-state index contributed by atoms with van der Waals surface area (Å²) in [5, 5.41) is 12.0. The normalized spacial score (nSPS) is 10.2. The van der Waals surface area contributed by atoms with Gasteiger partial charge in [-0.2, -0.15) is 0 Å². The average molecular weight is 369 g/mol. The van der Waals surface area contributed by atoms with Crippen molar-refractivity contribution in [1.29, 1.82) is 0 Å². The van der Waals surface area contributed by atoms with Crippen LogP contribution in [0.2, 0.25) is 5.02 Å². The minimum Gasteiger partial charge on any atom is -0.478 e. The molecule has 1 amide bonds. The Morgan fingerprint density at radius 1 is 1.14 bits per heavy atom. The smallest absolute Gasteiger partial charge is 0.336 e. The highest BCUT2D eigenvalue weighted by molar-refractivity contribution is 9.10. The maximum absolute atomic E-state index is 12.2. The molecule has 0 aromatic heterocycles. The molecule has 6 heteroatoms. The van der Waals surface area contributed by atoms with Crippen molar-refractivity contribution < 1.29 is 14.7 Å². The van der Waals surface area contributed by atoms with Gasteiger partial charge in [-0.25, -0.2) is 4.79 Å². The second kappa shape index (κ2) is 6.28. The Kier molecular flexibility index (Phi) is 4.65. The number of rotatable bonds is 3. The summed E-state index contributed by atoms with van der Waals surface area (Å²) < 4.78 is 0.729. The SMILES string of the molecule is Cc1ccc(NC(=O)c2cc(Br)ccc2Cl)cc1C(=O)O. The second-order valence-corrected chi connectivity index (χ2v) is 5.74. The van der Waals surface area contributed by atoms with Crippen LogP contribution in [0, 0.1) is 6.92 Å². The molecular weight excluding hydrogens is 358 g/mol. The minimum absolute atomic E-state index is 0.146. The van der Waals surface area contributed by atoms with Crippen LogP contribution in [0.4, 0.5) is 5.69 Å². The van der Waals surface area contributed by atoms with Crippen molar-refractivity contribution in [1.82, 2.24) is 0 Å². The second-order valence-electron chi connectivity index (χ2n) is 4.41. The van der Waals surface area contributed by atoms with E-state index in [2.05, 4.69) is 21.2 Å². The summed E-state index contributed by atoms with van der Waals surface area (Å²) in [5.41, 5.74) is 1.48. The van der Waals surface area contributed by atoms with E-state index in [1.165, 1.54) is 6.07 Å². The van der Waals surface area contributed by atoms with Gasteiger partial charge in [-0.1, -0.05) is 33.6 Å². The van der Waals surface area contributed by atoms with Crippen LogP contribution >= 0.6 is 27.5 Å². The molecule has 0 aliphatic carbocycles. The number of anilines is 1. The third kappa shape index (κ3) is 3.62. The van der Waals surface area contributed by atoms with E-state index in [1.54, 1.807) is 37.3 Å². The van der Waals surface area contributed by atoms with Crippen molar-refractivity contribution in [2.45, 2.75) is 6.92 Å². The van der Waals surface area contributed by atoms with Crippen molar-refractivity contribution in [3.63, 3.8) is 0 Å². The minimum atomic E-state index is -1.04. The van der Waals surface area contributed by atoms with E-state index in [1.807, 2.05) is 0 Å². The number of carboxylic acids is 1. The largest absolute Gasteiger partial charge is 0.478 e. The molecule has 2 rings (SSSR count). The number of carbonyl (C=O) groups is 2. The Morgan fingerprint density at radius 3 is 2.52 bits per heavy atom. The van der Waals surface area contributed by atoms with Crippen molar-refractivity contribution in [2.24, 2.45) is 0 Å². The van der Waals surface area contributed by atoms with Gasteiger partial charge in [-0.15, -0.1) is 0 Å². The number of amides is 1. The first kappa shape index (κ1) is 15.5. The Bertz CT molecular complexity index is 731. The van der Waals surface area contributed by atoms with E-state index in [9.17, 15) is 9.59 Å². The number of hydrogen-bond donors (Lipinski definition) is 2. The first-order valence-electron chi connectivity index (χ1n) is 5.99. The van der Waals surface area contributed by atoms with Gasteiger partial charge in [0.2, 0.25) is 0 Å². The van der Waals surface area contributed by atoms with Gasteiger partial charge in [0.15, 0.2) is 0 Å². The zero-order valence-corrected chi connectivity index (χ0v) is 13.3. The van der Waals surface area contributed by atoms with E-state index in [-0.39, 0.29) is 5.56 Å². The van der Waals surface area contributed by atoms with Gasteiger partial charge in [-0.3, -0.25) is 4.79 Å². The summed E-state index contributed by atoms with van der Waals surface area (Å²) in [6.07, 6.45) is 0. The molecule has 2 N–H and O–H groups in total. The summed E-state index contributed by atoms with van der Waals surface area (Å²) in [5.74, 6) is -1.44. The lowest BCUT2D eigenvalue weighted by Gasteiger charge is -2.09. The van der Waals surface area contributed by atoms with Crippen LogP contribution in [0.3, 0.4) is 0 Å². The maximum atomic E-state index is 12.2. The Morgan fingerprint density at radius 2 is 1.86 bits per heavy atom. The summed E-state index contributed by atoms with van der Waals surface area (Å²) in [6.45, 7) is 1.69. The summed E-state index contributed by atoms with van der Waals surface area (Å²) in [4.78, 5) is 23.3. The van der Waals surface area contributed by atoms with Crippen molar-refractivity contribution in [3.05, 3.63) is 62.6 Å². The number of halogens is 2. The number of carbonyl (C=O) groups excluding carboxylic acids is 1. The molecule has 0 saturated heterocycles. The predicted molar refractivity (Wildman–Crippen MR) is 85.2 cm³/mol.